The second-order valence-corrected chi connectivity index (χ2v) is 3.43. The first-order chi connectivity index (χ1) is 7.72. The third kappa shape index (κ3) is 2.74. The van der Waals surface area contributed by atoms with E-state index in [1.807, 2.05) is 13.0 Å². The lowest BCUT2D eigenvalue weighted by Crippen LogP contribution is -2.18. The second-order valence-electron chi connectivity index (χ2n) is 3.43. The van der Waals surface area contributed by atoms with Crippen LogP contribution in [0.2, 0.25) is 0 Å². The summed E-state index contributed by atoms with van der Waals surface area (Å²) in [5.74, 6) is 2.04. The number of benzene rings is 1. The zero-order chi connectivity index (χ0) is 12.0. The Balaban J connectivity index is 2.93. The van der Waals surface area contributed by atoms with E-state index < -0.39 is 5.82 Å². The van der Waals surface area contributed by atoms with Gasteiger partial charge in [0.2, 0.25) is 0 Å². The highest BCUT2D eigenvalue weighted by molar-refractivity contribution is 5.58. The third-order valence-corrected chi connectivity index (χ3v) is 2.34. The molecule has 0 radical (unpaired) electrons. The van der Waals surface area contributed by atoms with Crippen LogP contribution in [0.15, 0.2) is 18.2 Å². The fraction of sp³-hybridized carbons (Fsp3) is 0.308. The highest BCUT2D eigenvalue weighted by atomic mass is 19.1. The van der Waals surface area contributed by atoms with Gasteiger partial charge in [-0.25, -0.2) is 4.39 Å². The SMILES string of the molecule is C#CCC(CC)Nc1cccc(F)c1C#N. The second kappa shape index (κ2) is 5.78. The first-order valence-electron chi connectivity index (χ1n) is 5.11. The minimum atomic E-state index is -0.511. The Morgan fingerprint density at radius 2 is 2.31 bits per heavy atom. The third-order valence-electron chi connectivity index (χ3n) is 2.34. The zero-order valence-electron chi connectivity index (χ0n) is 9.13. The Morgan fingerprint density at radius 1 is 1.56 bits per heavy atom. The molecule has 1 atom stereocenters. The van der Waals surface area contributed by atoms with E-state index in [4.69, 9.17) is 11.7 Å². The van der Waals surface area contributed by atoms with Crippen molar-refractivity contribution < 1.29 is 4.39 Å². The fourth-order valence-corrected chi connectivity index (χ4v) is 1.42. The van der Waals surface area contributed by atoms with Crippen molar-refractivity contribution in [3.05, 3.63) is 29.6 Å². The number of rotatable bonds is 4. The molecular weight excluding hydrogens is 203 g/mol. The van der Waals surface area contributed by atoms with Crippen LogP contribution in [0.5, 0.6) is 0 Å². The lowest BCUT2D eigenvalue weighted by Gasteiger charge is -2.16. The molecule has 1 rings (SSSR count). The number of terminal acetylenes is 1. The average molecular weight is 216 g/mol. The van der Waals surface area contributed by atoms with Crippen LogP contribution in [0.25, 0.3) is 0 Å². The van der Waals surface area contributed by atoms with E-state index in [9.17, 15) is 4.39 Å². The van der Waals surface area contributed by atoms with Gasteiger partial charge in [-0.15, -0.1) is 12.3 Å². The summed E-state index contributed by atoms with van der Waals surface area (Å²) in [6.45, 7) is 1.99. The monoisotopic (exact) mass is 216 g/mol. The van der Waals surface area contributed by atoms with Crippen molar-refractivity contribution in [3.63, 3.8) is 0 Å². The Hall–Kier alpha value is -2.00. The molecule has 0 spiro atoms. The van der Waals surface area contributed by atoms with E-state index in [2.05, 4.69) is 11.2 Å². The van der Waals surface area contributed by atoms with Gasteiger partial charge < -0.3 is 5.32 Å². The van der Waals surface area contributed by atoms with Crippen LogP contribution in [0.4, 0.5) is 10.1 Å². The van der Waals surface area contributed by atoms with Gasteiger partial charge in [-0.05, 0) is 18.6 Å². The highest BCUT2D eigenvalue weighted by Crippen LogP contribution is 2.19. The summed E-state index contributed by atoms with van der Waals surface area (Å²) in [5.41, 5.74) is 0.544. The first kappa shape index (κ1) is 12.1. The van der Waals surface area contributed by atoms with Crippen molar-refractivity contribution in [1.29, 1.82) is 5.26 Å². The molecule has 0 heterocycles. The van der Waals surface area contributed by atoms with Gasteiger partial charge in [0.1, 0.15) is 17.4 Å². The van der Waals surface area contributed by atoms with E-state index >= 15 is 0 Å². The molecule has 0 aliphatic heterocycles. The summed E-state index contributed by atoms with van der Waals surface area (Å²) < 4.78 is 13.3. The molecule has 1 aromatic rings. The fourth-order valence-electron chi connectivity index (χ4n) is 1.42. The number of halogens is 1. The Kier molecular flexibility index (Phi) is 4.36. The van der Waals surface area contributed by atoms with Crippen LogP contribution in [0, 0.1) is 29.5 Å². The van der Waals surface area contributed by atoms with Crippen molar-refractivity contribution in [2.24, 2.45) is 0 Å². The molecule has 0 aromatic heterocycles. The minimum absolute atomic E-state index is 0.0398. The van der Waals surface area contributed by atoms with Gasteiger partial charge in [0.15, 0.2) is 0 Å². The van der Waals surface area contributed by atoms with Gasteiger partial charge in [-0.2, -0.15) is 5.26 Å². The number of nitrogens with one attached hydrogen (secondary N) is 1. The van der Waals surface area contributed by atoms with Gasteiger partial charge in [-0.1, -0.05) is 13.0 Å². The van der Waals surface area contributed by atoms with Crippen LogP contribution in [-0.2, 0) is 0 Å². The van der Waals surface area contributed by atoms with E-state index in [1.165, 1.54) is 6.07 Å². The van der Waals surface area contributed by atoms with Gasteiger partial charge >= 0.3 is 0 Å². The maximum atomic E-state index is 13.3. The number of nitrogens with zero attached hydrogens (tertiary/aromatic N) is 1. The molecule has 0 saturated heterocycles. The van der Waals surface area contributed by atoms with Crippen molar-refractivity contribution in [3.8, 4) is 18.4 Å². The zero-order valence-corrected chi connectivity index (χ0v) is 9.13. The summed E-state index contributed by atoms with van der Waals surface area (Å²) in [5, 5.41) is 11.9. The molecule has 0 amide bonds. The predicted octanol–water partition coefficient (Wildman–Crippen LogP) is 2.91. The lowest BCUT2D eigenvalue weighted by atomic mass is 10.1. The van der Waals surface area contributed by atoms with Crippen LogP contribution < -0.4 is 5.32 Å². The van der Waals surface area contributed by atoms with Gasteiger partial charge in [-0.3, -0.25) is 0 Å². The molecule has 3 heteroatoms. The predicted molar refractivity (Wildman–Crippen MR) is 62.3 cm³/mol. The number of hydrogen-bond donors (Lipinski definition) is 1. The number of anilines is 1. The summed E-state index contributed by atoms with van der Waals surface area (Å²) in [7, 11) is 0. The summed E-state index contributed by atoms with van der Waals surface area (Å²) in [4.78, 5) is 0. The smallest absolute Gasteiger partial charge is 0.143 e. The summed E-state index contributed by atoms with van der Waals surface area (Å²) in [6, 6.07) is 6.44. The summed E-state index contributed by atoms with van der Waals surface area (Å²) >= 11 is 0. The quantitative estimate of drug-likeness (QED) is 0.785. The molecule has 0 aliphatic rings. The Labute approximate surface area is 95.1 Å². The normalized spacial score (nSPS) is 11.2. The molecule has 16 heavy (non-hydrogen) atoms. The molecule has 0 fully saturated rings. The molecule has 1 aromatic carbocycles. The van der Waals surface area contributed by atoms with E-state index in [-0.39, 0.29) is 11.6 Å². The van der Waals surface area contributed by atoms with Gasteiger partial charge in [0, 0.05) is 12.5 Å². The maximum absolute atomic E-state index is 13.3. The molecule has 0 aliphatic carbocycles. The largest absolute Gasteiger partial charge is 0.380 e. The molecule has 0 saturated carbocycles. The van der Waals surface area contributed by atoms with Crippen LogP contribution >= 0.6 is 0 Å². The minimum Gasteiger partial charge on any atom is -0.380 e. The number of nitriles is 1. The van der Waals surface area contributed by atoms with E-state index in [0.717, 1.165) is 6.42 Å². The van der Waals surface area contributed by atoms with Gasteiger partial charge in [0.25, 0.3) is 0 Å². The molecule has 2 nitrogen and oxygen atoms in total. The molecule has 82 valence electrons. The van der Waals surface area contributed by atoms with Crippen molar-refractivity contribution >= 4 is 5.69 Å². The van der Waals surface area contributed by atoms with E-state index in [1.54, 1.807) is 12.1 Å². The maximum Gasteiger partial charge on any atom is 0.143 e. The van der Waals surface area contributed by atoms with Crippen molar-refractivity contribution in [2.45, 2.75) is 25.8 Å². The Bertz CT molecular complexity index is 440. The number of hydrogen-bond acceptors (Lipinski definition) is 2. The first-order valence-corrected chi connectivity index (χ1v) is 5.11. The van der Waals surface area contributed by atoms with Crippen molar-refractivity contribution in [1.82, 2.24) is 0 Å². The molecule has 0 bridgehead atoms. The molecule has 1 unspecified atom stereocenters. The molecular formula is C13H13FN2. The van der Waals surface area contributed by atoms with Crippen LogP contribution in [0.1, 0.15) is 25.3 Å². The molecule has 1 N–H and O–H groups in total. The Morgan fingerprint density at radius 3 is 2.88 bits per heavy atom. The van der Waals surface area contributed by atoms with Crippen molar-refractivity contribution in [2.75, 3.05) is 5.32 Å². The highest BCUT2D eigenvalue weighted by Gasteiger charge is 2.10. The standard InChI is InChI=1S/C13H13FN2/c1-3-6-10(4-2)16-13-8-5-7-12(14)11(13)9-15/h1,5,7-8,10,16H,4,6H2,2H3. The topological polar surface area (TPSA) is 35.8 Å². The van der Waals surface area contributed by atoms with Crippen LogP contribution in [0.3, 0.4) is 0 Å². The van der Waals surface area contributed by atoms with Crippen LogP contribution in [-0.4, -0.2) is 6.04 Å². The summed E-state index contributed by atoms with van der Waals surface area (Å²) in [6.07, 6.45) is 6.61. The van der Waals surface area contributed by atoms with E-state index in [0.29, 0.717) is 12.1 Å². The average Bonchev–Trinajstić information content (AvgIpc) is 2.28. The lowest BCUT2D eigenvalue weighted by molar-refractivity contribution is 0.623. The van der Waals surface area contributed by atoms with Gasteiger partial charge in [0.05, 0.1) is 5.69 Å².